The summed E-state index contributed by atoms with van der Waals surface area (Å²) in [7, 11) is 0. The van der Waals surface area contributed by atoms with Crippen molar-refractivity contribution in [1.82, 2.24) is 24.0 Å². The maximum absolute atomic E-state index is 13.2. The van der Waals surface area contributed by atoms with Crippen LogP contribution in [-0.4, -0.2) is 78.2 Å². The Bertz CT molecular complexity index is 1530. The van der Waals surface area contributed by atoms with E-state index in [9.17, 15) is 19.5 Å². The van der Waals surface area contributed by atoms with Crippen LogP contribution in [0.5, 0.6) is 0 Å². The first-order valence-electron chi connectivity index (χ1n) is 12.1. The van der Waals surface area contributed by atoms with E-state index >= 15 is 0 Å². The number of carbonyl (C=O) groups is 3. The van der Waals surface area contributed by atoms with Gasteiger partial charge in [0.15, 0.2) is 10.2 Å². The molecule has 1 saturated heterocycles. The van der Waals surface area contributed by atoms with Crippen molar-refractivity contribution in [3.8, 4) is 0 Å². The van der Waals surface area contributed by atoms with Gasteiger partial charge in [0.25, 0.3) is 17.5 Å². The number of amides is 2. The van der Waals surface area contributed by atoms with Crippen molar-refractivity contribution in [2.75, 3.05) is 30.4 Å². The lowest BCUT2D eigenvalue weighted by Gasteiger charge is -2.50. The van der Waals surface area contributed by atoms with Gasteiger partial charge in [0, 0.05) is 41.2 Å². The van der Waals surface area contributed by atoms with Crippen LogP contribution in [0.1, 0.15) is 12.7 Å². The molecule has 0 aliphatic carbocycles. The lowest BCUT2D eigenvalue weighted by Crippen LogP contribution is -2.71. The first kappa shape index (κ1) is 27.9. The predicted octanol–water partition coefficient (Wildman–Crippen LogP) is -1.44. The van der Waals surface area contributed by atoms with E-state index in [-0.39, 0.29) is 35.5 Å². The Morgan fingerprint density at radius 1 is 1.40 bits per heavy atom. The molecule has 2 aliphatic rings. The van der Waals surface area contributed by atoms with Crippen molar-refractivity contribution >= 4 is 69.3 Å². The summed E-state index contributed by atoms with van der Waals surface area (Å²) >= 11 is 3.86. The Balaban J connectivity index is 1.36. The number of imidazole rings is 1. The van der Waals surface area contributed by atoms with Gasteiger partial charge in [0.2, 0.25) is 11.5 Å². The van der Waals surface area contributed by atoms with Gasteiger partial charge in [0.05, 0.1) is 11.7 Å². The zero-order valence-corrected chi connectivity index (χ0v) is 23.6. The van der Waals surface area contributed by atoms with E-state index < -0.39 is 29.2 Å². The number of nitrogens with two attached hydrogens (primary N) is 2. The fourth-order valence-corrected chi connectivity index (χ4v) is 6.93. The highest BCUT2D eigenvalue weighted by molar-refractivity contribution is 8.00. The van der Waals surface area contributed by atoms with Gasteiger partial charge in [-0.2, -0.15) is 13.8 Å². The average Bonchev–Trinajstić information content (AvgIpc) is 3.56. The number of carbonyl (C=O) groups excluding carboxylic acids is 3. The number of carboxylic acid groups (broad SMARTS) is 1. The molecule has 1 fully saturated rings. The highest BCUT2D eigenvalue weighted by Gasteiger charge is 2.53. The molecule has 40 heavy (non-hydrogen) atoms. The largest absolute Gasteiger partial charge is 0.543 e. The molecule has 2 atom stereocenters. The molecule has 0 bridgehead atoms. The van der Waals surface area contributed by atoms with Crippen molar-refractivity contribution in [3.63, 3.8) is 0 Å². The molecular weight excluding hydrogens is 579 g/mol. The summed E-state index contributed by atoms with van der Waals surface area (Å²) in [5.41, 5.74) is 12.2. The minimum Gasteiger partial charge on any atom is -0.543 e. The number of hydrogen-bond donors (Lipinski definition) is 3. The Kier molecular flexibility index (Phi) is 8.24. The number of fused-ring (bicyclic) bond motifs is 2. The predicted molar refractivity (Wildman–Crippen MR) is 147 cm³/mol. The number of β-lactam (4-membered cyclic amide) rings is 1. The number of oxime groups is 1. The molecule has 0 spiro atoms. The lowest BCUT2D eigenvalue weighted by molar-refractivity contribution is -0.662. The Morgan fingerprint density at radius 3 is 2.92 bits per heavy atom. The van der Waals surface area contributed by atoms with Crippen LogP contribution in [0.25, 0.3) is 5.65 Å². The molecule has 2 aliphatic heterocycles. The van der Waals surface area contributed by atoms with Crippen LogP contribution in [0, 0.1) is 0 Å². The number of hydrogen-bond acceptors (Lipinski definition) is 13. The van der Waals surface area contributed by atoms with Crippen molar-refractivity contribution in [2.24, 2.45) is 10.9 Å². The van der Waals surface area contributed by atoms with E-state index in [1.807, 2.05) is 39.6 Å². The van der Waals surface area contributed by atoms with Gasteiger partial charge in [-0.25, -0.2) is 4.57 Å². The van der Waals surface area contributed by atoms with Gasteiger partial charge < -0.3 is 31.5 Å². The molecule has 5 rings (SSSR count). The van der Waals surface area contributed by atoms with E-state index in [2.05, 4.69) is 19.8 Å². The summed E-state index contributed by atoms with van der Waals surface area (Å²) in [4.78, 5) is 48.6. The third kappa shape index (κ3) is 5.24. The molecule has 14 nitrogen and oxygen atoms in total. The third-order valence-electron chi connectivity index (χ3n) is 6.07. The topological polar surface area (TPSA) is 197 Å². The van der Waals surface area contributed by atoms with Gasteiger partial charge in [-0.3, -0.25) is 14.5 Å². The highest BCUT2D eigenvalue weighted by atomic mass is 32.2. The Hall–Kier alpha value is -3.67. The number of nitrogens with zero attached hydrogens (tertiary/aromatic N) is 6. The van der Waals surface area contributed by atoms with E-state index in [0.29, 0.717) is 17.9 Å². The van der Waals surface area contributed by atoms with Crippen molar-refractivity contribution in [2.45, 2.75) is 29.9 Å². The highest BCUT2D eigenvalue weighted by Crippen LogP contribution is 2.40. The van der Waals surface area contributed by atoms with Crippen molar-refractivity contribution < 1.29 is 28.9 Å². The fourth-order valence-electron chi connectivity index (χ4n) is 4.37. The van der Waals surface area contributed by atoms with Crippen molar-refractivity contribution in [1.29, 1.82) is 0 Å². The minimum absolute atomic E-state index is 0.0348. The molecule has 2 amide bonds. The molecule has 17 heteroatoms. The number of nitrogen functional groups attached to an aromatic ring is 1. The van der Waals surface area contributed by atoms with Crippen LogP contribution in [0.4, 0.5) is 5.13 Å². The standard InChI is InChI=1S/C23H25N9O5S3/c1-2-37-28-15(18-27-23(25)40-29-18)19(33)26-16-20(34)32-17(22(35)36)12(11-39-21(16)32)10-30-7-8-31-13(30)4-3-5-14(31)38-9-6-24/h3-5,7-8,16,21H,2,6,9-11,24H2,1H3,(H3-,25,26,27,29,33,35,36)/b28-15-/t16-,21+/m1/s1. The van der Waals surface area contributed by atoms with Crippen LogP contribution in [0.15, 0.2) is 52.0 Å². The third-order valence-corrected chi connectivity index (χ3v) is 9.02. The summed E-state index contributed by atoms with van der Waals surface area (Å²) in [6.45, 7) is 2.67. The number of rotatable bonds is 11. The molecule has 0 radical (unpaired) electrons. The summed E-state index contributed by atoms with van der Waals surface area (Å²) < 4.78 is 7.91. The normalized spacial score (nSPS) is 19.0. The second kappa shape index (κ2) is 11.8. The summed E-state index contributed by atoms with van der Waals surface area (Å²) in [6, 6.07) is 4.86. The quantitative estimate of drug-likeness (QED) is 0.0763. The van der Waals surface area contributed by atoms with Gasteiger partial charge >= 0.3 is 0 Å². The maximum Gasteiger partial charge on any atom is 0.287 e. The molecule has 3 aromatic heterocycles. The summed E-state index contributed by atoms with van der Waals surface area (Å²) in [5.74, 6) is -1.73. The SMILES string of the molecule is CCO/N=C(\C(=O)N[C@@H]1C(=O)N2C(C(=O)[O-])=C(C[n+]3ccn4c(SCCN)cccc43)CS[C@@H]12)c1nsc(N)n1. The monoisotopic (exact) mass is 603 g/mol. The Morgan fingerprint density at radius 2 is 2.23 bits per heavy atom. The van der Waals surface area contributed by atoms with E-state index in [0.717, 1.165) is 28.0 Å². The zero-order chi connectivity index (χ0) is 28.4. The number of anilines is 1. The van der Waals surface area contributed by atoms with Gasteiger partial charge in [0.1, 0.15) is 37.0 Å². The number of thioether (sulfide) groups is 2. The fraction of sp³-hybridized carbons (Fsp3) is 0.348. The number of aliphatic carboxylic acids is 1. The van der Waals surface area contributed by atoms with E-state index in [1.54, 1.807) is 18.7 Å². The van der Waals surface area contributed by atoms with Crippen LogP contribution < -0.4 is 26.5 Å². The molecule has 0 saturated carbocycles. The lowest BCUT2D eigenvalue weighted by atomic mass is 10.0. The second-order valence-electron chi connectivity index (χ2n) is 8.57. The first-order valence-corrected chi connectivity index (χ1v) is 15.0. The summed E-state index contributed by atoms with van der Waals surface area (Å²) in [6.07, 6.45) is 3.76. The minimum atomic E-state index is -1.46. The number of nitrogens with one attached hydrogen (secondary N) is 1. The van der Waals surface area contributed by atoms with Gasteiger partial charge in [-0.15, -0.1) is 11.8 Å². The number of aromatic nitrogens is 4. The van der Waals surface area contributed by atoms with E-state index in [1.165, 1.54) is 16.7 Å². The molecule has 0 aromatic carbocycles. The number of carboxylic acids is 1. The molecule has 0 unspecified atom stereocenters. The smallest absolute Gasteiger partial charge is 0.287 e. The summed E-state index contributed by atoms with van der Waals surface area (Å²) in [5, 5.41) is 19.2. The second-order valence-corrected chi connectivity index (χ2v) is 11.6. The molecule has 5 heterocycles. The van der Waals surface area contributed by atoms with Crippen LogP contribution in [0.3, 0.4) is 0 Å². The van der Waals surface area contributed by atoms with E-state index in [4.69, 9.17) is 16.3 Å². The van der Waals surface area contributed by atoms with Gasteiger partial charge in [-0.05, 0) is 19.1 Å². The zero-order valence-electron chi connectivity index (χ0n) is 21.2. The van der Waals surface area contributed by atoms with Crippen LogP contribution >= 0.6 is 35.1 Å². The van der Waals surface area contributed by atoms with Crippen molar-refractivity contribution in [3.05, 3.63) is 47.7 Å². The molecular formula is C23H25N9O5S3. The molecule has 5 N–H and O–H groups in total. The maximum atomic E-state index is 13.2. The molecule has 3 aromatic rings. The van der Waals surface area contributed by atoms with Gasteiger partial charge in [-0.1, -0.05) is 16.9 Å². The van der Waals surface area contributed by atoms with Crippen LogP contribution in [0.2, 0.25) is 0 Å². The first-order chi connectivity index (χ1) is 19.3. The average molecular weight is 604 g/mol. The van der Waals surface area contributed by atoms with Crippen LogP contribution in [-0.2, 0) is 25.8 Å². The number of pyridine rings is 1. The molecule has 210 valence electrons. The Labute approximate surface area is 240 Å².